The van der Waals surface area contributed by atoms with Gasteiger partial charge in [0.1, 0.15) is 0 Å². The number of nitrogens with two attached hydrogens (primary N) is 1. The van der Waals surface area contributed by atoms with E-state index in [1.807, 2.05) is 42.2 Å². The van der Waals surface area contributed by atoms with E-state index in [1.165, 1.54) is 0 Å². The Morgan fingerprint density at radius 1 is 1.40 bits per heavy atom. The minimum atomic E-state index is -0.747. The number of carbonyl (C=O) groups is 1. The molecule has 1 aliphatic carbocycles. The maximum absolute atomic E-state index is 12.7. The summed E-state index contributed by atoms with van der Waals surface area (Å²) in [6, 6.07) is 9.99. The van der Waals surface area contributed by atoms with Gasteiger partial charge in [-0.05, 0) is 31.2 Å². The van der Waals surface area contributed by atoms with Crippen LogP contribution in [0.4, 0.5) is 0 Å². The Morgan fingerprint density at radius 2 is 2.05 bits per heavy atom. The van der Waals surface area contributed by atoms with Crippen LogP contribution in [0, 0.1) is 5.92 Å². The Kier molecular flexibility index (Phi) is 4.78. The Labute approximate surface area is 120 Å². The van der Waals surface area contributed by atoms with Crippen molar-refractivity contribution in [1.82, 2.24) is 4.90 Å². The highest BCUT2D eigenvalue weighted by Crippen LogP contribution is 2.39. The number of benzene rings is 1. The molecule has 1 aromatic rings. The van der Waals surface area contributed by atoms with E-state index in [2.05, 4.69) is 0 Å². The highest BCUT2D eigenvalue weighted by Gasteiger charge is 2.45. The average Bonchev–Trinajstić information content (AvgIpc) is 3.28. The van der Waals surface area contributed by atoms with Crippen molar-refractivity contribution in [2.75, 3.05) is 20.3 Å². The molecule has 0 heterocycles. The zero-order chi connectivity index (χ0) is 14.6. The lowest BCUT2D eigenvalue weighted by Crippen LogP contribution is -2.55. The first kappa shape index (κ1) is 15.0. The van der Waals surface area contributed by atoms with Gasteiger partial charge in [-0.1, -0.05) is 30.3 Å². The molecule has 0 bridgehead atoms. The van der Waals surface area contributed by atoms with E-state index in [4.69, 9.17) is 10.5 Å². The van der Waals surface area contributed by atoms with Crippen molar-refractivity contribution < 1.29 is 9.53 Å². The molecule has 1 saturated carbocycles. The quantitative estimate of drug-likeness (QED) is 0.826. The van der Waals surface area contributed by atoms with E-state index in [0.29, 0.717) is 25.6 Å². The number of ether oxygens (including phenoxy) is 1. The van der Waals surface area contributed by atoms with Gasteiger partial charge in [0.05, 0.1) is 12.1 Å². The molecule has 110 valence electrons. The lowest BCUT2D eigenvalue weighted by atomic mass is 9.95. The van der Waals surface area contributed by atoms with Crippen molar-refractivity contribution in [1.29, 1.82) is 0 Å². The zero-order valence-corrected chi connectivity index (χ0v) is 12.3. The van der Waals surface area contributed by atoms with Crippen LogP contribution in [0.1, 0.15) is 25.3 Å². The molecule has 4 nitrogen and oxygen atoms in total. The zero-order valence-electron chi connectivity index (χ0n) is 12.3. The van der Waals surface area contributed by atoms with E-state index in [1.54, 1.807) is 7.11 Å². The van der Waals surface area contributed by atoms with Crippen molar-refractivity contribution in [2.45, 2.75) is 31.8 Å². The molecule has 0 saturated heterocycles. The standard InChI is InChI=1S/C16H24N2O2/c1-16(17,14-8-9-14)15(19)18(10-11-20-2)12-13-6-4-3-5-7-13/h3-7,14H,8-12,17H2,1-2H3. The van der Waals surface area contributed by atoms with E-state index in [-0.39, 0.29) is 5.91 Å². The summed E-state index contributed by atoms with van der Waals surface area (Å²) in [5.74, 6) is 0.358. The monoisotopic (exact) mass is 276 g/mol. The van der Waals surface area contributed by atoms with Crippen molar-refractivity contribution in [2.24, 2.45) is 11.7 Å². The van der Waals surface area contributed by atoms with Gasteiger partial charge in [-0.2, -0.15) is 0 Å². The Morgan fingerprint density at radius 3 is 2.60 bits per heavy atom. The van der Waals surface area contributed by atoms with Crippen LogP contribution >= 0.6 is 0 Å². The van der Waals surface area contributed by atoms with Crippen LogP contribution in [-0.2, 0) is 16.1 Å². The summed E-state index contributed by atoms with van der Waals surface area (Å²) in [6.07, 6.45) is 2.12. The minimum absolute atomic E-state index is 0.0286. The molecule has 1 atom stereocenters. The number of hydrogen-bond donors (Lipinski definition) is 1. The molecule has 0 aliphatic heterocycles. The lowest BCUT2D eigenvalue weighted by molar-refractivity contribution is -0.138. The van der Waals surface area contributed by atoms with Gasteiger partial charge in [-0.15, -0.1) is 0 Å². The summed E-state index contributed by atoms with van der Waals surface area (Å²) < 4.78 is 5.11. The number of rotatable bonds is 7. The van der Waals surface area contributed by atoms with Gasteiger partial charge < -0.3 is 15.4 Å². The number of nitrogens with zero attached hydrogens (tertiary/aromatic N) is 1. The van der Waals surface area contributed by atoms with Gasteiger partial charge >= 0.3 is 0 Å². The van der Waals surface area contributed by atoms with Crippen molar-refractivity contribution in [3.8, 4) is 0 Å². The van der Waals surface area contributed by atoms with Crippen LogP contribution in [0.15, 0.2) is 30.3 Å². The molecule has 0 aromatic heterocycles. The fourth-order valence-corrected chi connectivity index (χ4v) is 2.46. The average molecular weight is 276 g/mol. The van der Waals surface area contributed by atoms with Gasteiger partial charge in [0.15, 0.2) is 0 Å². The Balaban J connectivity index is 2.08. The molecule has 2 N–H and O–H groups in total. The van der Waals surface area contributed by atoms with Crippen molar-refractivity contribution >= 4 is 5.91 Å². The smallest absolute Gasteiger partial charge is 0.243 e. The Hall–Kier alpha value is -1.39. The first-order chi connectivity index (χ1) is 9.55. The molecule has 1 aliphatic rings. The fourth-order valence-electron chi connectivity index (χ4n) is 2.46. The second-order valence-electron chi connectivity index (χ2n) is 5.76. The maximum Gasteiger partial charge on any atom is 0.243 e. The first-order valence-corrected chi connectivity index (χ1v) is 7.17. The highest BCUT2D eigenvalue weighted by molar-refractivity contribution is 5.86. The topological polar surface area (TPSA) is 55.6 Å². The van der Waals surface area contributed by atoms with Gasteiger partial charge in [-0.25, -0.2) is 0 Å². The van der Waals surface area contributed by atoms with Gasteiger partial charge in [-0.3, -0.25) is 4.79 Å². The molecule has 0 spiro atoms. The minimum Gasteiger partial charge on any atom is -0.383 e. The van der Waals surface area contributed by atoms with Gasteiger partial charge in [0, 0.05) is 20.2 Å². The van der Waals surface area contributed by atoms with Crippen LogP contribution < -0.4 is 5.73 Å². The van der Waals surface area contributed by atoms with Crippen molar-refractivity contribution in [3.05, 3.63) is 35.9 Å². The molecule has 0 radical (unpaired) electrons. The third kappa shape index (κ3) is 3.58. The van der Waals surface area contributed by atoms with Crippen LogP contribution in [-0.4, -0.2) is 36.6 Å². The van der Waals surface area contributed by atoms with E-state index >= 15 is 0 Å². The maximum atomic E-state index is 12.7. The predicted octanol–water partition coefficient (Wildman–Crippen LogP) is 1.79. The normalized spacial score (nSPS) is 17.6. The number of methoxy groups -OCH3 is 1. The second-order valence-corrected chi connectivity index (χ2v) is 5.76. The summed E-state index contributed by atoms with van der Waals surface area (Å²) in [4.78, 5) is 14.5. The molecular weight excluding hydrogens is 252 g/mol. The van der Waals surface area contributed by atoms with Gasteiger partial charge in [0.25, 0.3) is 0 Å². The van der Waals surface area contributed by atoms with Crippen LogP contribution in [0.3, 0.4) is 0 Å². The molecular formula is C16H24N2O2. The van der Waals surface area contributed by atoms with Crippen LogP contribution in [0.5, 0.6) is 0 Å². The highest BCUT2D eigenvalue weighted by atomic mass is 16.5. The molecule has 2 rings (SSSR count). The van der Waals surface area contributed by atoms with E-state index < -0.39 is 5.54 Å². The third-order valence-electron chi connectivity index (χ3n) is 3.96. The molecule has 1 aromatic carbocycles. The Bertz CT molecular complexity index is 441. The SMILES string of the molecule is COCCN(Cc1ccccc1)C(=O)C(C)(N)C1CC1. The molecule has 1 unspecified atom stereocenters. The number of hydrogen-bond acceptors (Lipinski definition) is 3. The molecule has 1 fully saturated rings. The second kappa shape index (κ2) is 6.37. The fraction of sp³-hybridized carbons (Fsp3) is 0.562. The summed E-state index contributed by atoms with van der Waals surface area (Å²) in [6.45, 7) is 3.55. The number of carbonyl (C=O) groups excluding carboxylic acids is 1. The largest absolute Gasteiger partial charge is 0.383 e. The summed E-state index contributed by atoms with van der Waals surface area (Å²) >= 11 is 0. The van der Waals surface area contributed by atoms with Crippen LogP contribution in [0.2, 0.25) is 0 Å². The van der Waals surface area contributed by atoms with Crippen molar-refractivity contribution in [3.63, 3.8) is 0 Å². The molecule has 4 heteroatoms. The molecule has 20 heavy (non-hydrogen) atoms. The predicted molar refractivity (Wildman–Crippen MR) is 79.1 cm³/mol. The van der Waals surface area contributed by atoms with Gasteiger partial charge in [0.2, 0.25) is 5.91 Å². The van der Waals surface area contributed by atoms with E-state index in [9.17, 15) is 4.79 Å². The number of amides is 1. The summed E-state index contributed by atoms with van der Waals surface area (Å²) in [5.41, 5.74) is 6.63. The van der Waals surface area contributed by atoms with E-state index in [0.717, 1.165) is 18.4 Å². The third-order valence-corrected chi connectivity index (χ3v) is 3.96. The summed E-state index contributed by atoms with van der Waals surface area (Å²) in [5, 5.41) is 0. The van der Waals surface area contributed by atoms with Crippen LogP contribution in [0.25, 0.3) is 0 Å². The molecule has 1 amide bonds. The summed E-state index contributed by atoms with van der Waals surface area (Å²) in [7, 11) is 1.65. The first-order valence-electron chi connectivity index (χ1n) is 7.17. The lowest BCUT2D eigenvalue weighted by Gasteiger charge is -2.32.